The summed E-state index contributed by atoms with van der Waals surface area (Å²) in [6, 6.07) is 9.61. The second-order valence-corrected chi connectivity index (χ2v) is 7.80. The molecule has 30 heavy (non-hydrogen) atoms. The molecule has 1 aromatic carbocycles. The number of hydrogen-bond donors (Lipinski definition) is 2. The van der Waals surface area contributed by atoms with Crippen LogP contribution in [-0.4, -0.2) is 50.8 Å². The number of furan rings is 1. The number of aromatic carboxylic acids is 1. The zero-order valence-corrected chi connectivity index (χ0v) is 16.7. The summed E-state index contributed by atoms with van der Waals surface area (Å²) in [4.78, 5) is 24.5. The first-order valence-corrected chi connectivity index (χ1v) is 10.3. The smallest absolute Gasteiger partial charge is 0.371 e. The highest BCUT2D eigenvalue weighted by atomic mass is 32.2. The van der Waals surface area contributed by atoms with E-state index in [-0.39, 0.29) is 16.6 Å². The molecule has 0 radical (unpaired) electrons. The van der Waals surface area contributed by atoms with Crippen LogP contribution in [0.2, 0.25) is 0 Å². The molecule has 3 rings (SSSR count). The normalized spacial score (nSPS) is 18.3. The van der Waals surface area contributed by atoms with Gasteiger partial charge in [-0.25, -0.2) is 4.79 Å². The van der Waals surface area contributed by atoms with E-state index < -0.39 is 24.0 Å². The molecule has 1 saturated heterocycles. The number of rotatable bonds is 9. The molecule has 9 heteroatoms. The number of aliphatic hydroxyl groups is 1. The third-order valence-electron chi connectivity index (χ3n) is 4.75. The SMILES string of the molecule is O=C(O)c1ccc(CCCN2C(=O)SCC2/C=C/C(O)C(F)(F)c2ccccc2)o1. The number of amides is 1. The van der Waals surface area contributed by atoms with Crippen molar-refractivity contribution in [3.05, 3.63) is 71.7 Å². The van der Waals surface area contributed by atoms with Crippen molar-refractivity contribution in [3.63, 3.8) is 0 Å². The van der Waals surface area contributed by atoms with Crippen LogP contribution >= 0.6 is 11.8 Å². The van der Waals surface area contributed by atoms with Gasteiger partial charge in [-0.05, 0) is 18.6 Å². The maximum Gasteiger partial charge on any atom is 0.371 e. The van der Waals surface area contributed by atoms with Crippen molar-refractivity contribution >= 4 is 23.0 Å². The van der Waals surface area contributed by atoms with E-state index in [0.29, 0.717) is 30.9 Å². The molecule has 0 aliphatic carbocycles. The summed E-state index contributed by atoms with van der Waals surface area (Å²) in [6.45, 7) is 0.356. The number of carboxylic acid groups (broad SMARTS) is 1. The highest BCUT2D eigenvalue weighted by molar-refractivity contribution is 8.13. The van der Waals surface area contributed by atoms with Crippen molar-refractivity contribution < 1.29 is 33.0 Å². The fourth-order valence-corrected chi connectivity index (χ4v) is 4.11. The molecule has 1 fully saturated rings. The molecule has 2 N–H and O–H groups in total. The van der Waals surface area contributed by atoms with Crippen LogP contribution in [0, 0.1) is 0 Å². The summed E-state index contributed by atoms with van der Waals surface area (Å²) < 4.78 is 34.0. The minimum absolute atomic E-state index is 0.146. The van der Waals surface area contributed by atoms with Gasteiger partial charge in [-0.3, -0.25) is 4.79 Å². The number of carbonyl (C=O) groups is 2. The average molecular weight is 437 g/mol. The van der Waals surface area contributed by atoms with Crippen LogP contribution in [0.3, 0.4) is 0 Å². The summed E-state index contributed by atoms with van der Waals surface area (Å²) >= 11 is 1.09. The summed E-state index contributed by atoms with van der Waals surface area (Å²) in [5.74, 6) is -3.84. The van der Waals surface area contributed by atoms with E-state index in [4.69, 9.17) is 9.52 Å². The molecule has 160 valence electrons. The molecule has 0 saturated carbocycles. The molecule has 1 amide bonds. The van der Waals surface area contributed by atoms with Gasteiger partial charge >= 0.3 is 11.9 Å². The summed E-state index contributed by atoms with van der Waals surface area (Å²) in [6.07, 6.45) is 1.42. The van der Waals surface area contributed by atoms with Gasteiger partial charge in [0.25, 0.3) is 5.24 Å². The predicted octanol–water partition coefficient (Wildman–Crippen LogP) is 4.16. The van der Waals surface area contributed by atoms with E-state index in [9.17, 15) is 23.5 Å². The fourth-order valence-electron chi connectivity index (χ4n) is 3.12. The number of benzene rings is 1. The lowest BCUT2D eigenvalue weighted by Crippen LogP contribution is -2.34. The van der Waals surface area contributed by atoms with Crippen LogP contribution in [0.1, 0.15) is 28.3 Å². The molecule has 1 aromatic heterocycles. The largest absolute Gasteiger partial charge is 0.475 e. The van der Waals surface area contributed by atoms with Crippen molar-refractivity contribution in [3.8, 4) is 0 Å². The van der Waals surface area contributed by atoms with Crippen molar-refractivity contribution in [1.82, 2.24) is 4.90 Å². The van der Waals surface area contributed by atoms with Gasteiger partial charge in [-0.1, -0.05) is 54.2 Å². The van der Waals surface area contributed by atoms with E-state index in [1.54, 1.807) is 17.0 Å². The maximum absolute atomic E-state index is 14.4. The van der Waals surface area contributed by atoms with Crippen LogP contribution in [0.25, 0.3) is 0 Å². The van der Waals surface area contributed by atoms with Gasteiger partial charge in [0.1, 0.15) is 11.9 Å². The minimum atomic E-state index is -3.44. The summed E-state index contributed by atoms with van der Waals surface area (Å²) in [5, 5.41) is 18.7. The van der Waals surface area contributed by atoms with Gasteiger partial charge in [-0.2, -0.15) is 8.78 Å². The molecule has 2 heterocycles. The Kier molecular flexibility index (Phi) is 6.94. The van der Waals surface area contributed by atoms with E-state index >= 15 is 0 Å². The first-order valence-electron chi connectivity index (χ1n) is 9.34. The summed E-state index contributed by atoms with van der Waals surface area (Å²) in [5.41, 5.74) is -0.282. The van der Waals surface area contributed by atoms with E-state index in [1.165, 1.54) is 36.4 Å². The second kappa shape index (κ2) is 9.44. The minimum Gasteiger partial charge on any atom is -0.475 e. The molecule has 1 aliphatic rings. The lowest BCUT2D eigenvalue weighted by atomic mass is 10.0. The molecule has 0 spiro atoms. The van der Waals surface area contributed by atoms with Crippen molar-refractivity contribution in [2.75, 3.05) is 12.3 Å². The maximum atomic E-state index is 14.4. The number of hydrogen-bond acceptors (Lipinski definition) is 5. The zero-order chi connectivity index (χ0) is 21.7. The predicted molar refractivity (Wildman–Crippen MR) is 108 cm³/mol. The van der Waals surface area contributed by atoms with E-state index in [0.717, 1.165) is 17.8 Å². The Bertz CT molecular complexity index is 915. The molecular formula is C21H21F2NO5S. The number of aliphatic hydroxyl groups excluding tert-OH is 1. The van der Waals surface area contributed by atoms with Gasteiger partial charge in [0.15, 0.2) is 0 Å². The third kappa shape index (κ3) is 5.09. The average Bonchev–Trinajstić information content (AvgIpc) is 3.34. The number of carboxylic acids is 1. The van der Waals surface area contributed by atoms with Crippen LogP contribution in [-0.2, 0) is 12.3 Å². The van der Waals surface area contributed by atoms with Gasteiger partial charge in [0.2, 0.25) is 5.76 Å². The van der Waals surface area contributed by atoms with Crippen LogP contribution in [0.15, 0.2) is 59.0 Å². The van der Waals surface area contributed by atoms with Gasteiger partial charge in [0, 0.05) is 24.3 Å². The quantitative estimate of drug-likeness (QED) is 0.573. The lowest BCUT2D eigenvalue weighted by molar-refractivity contribution is -0.0929. The molecule has 1 aliphatic heterocycles. The molecular weight excluding hydrogens is 416 g/mol. The number of carbonyl (C=O) groups excluding carboxylic acids is 1. The van der Waals surface area contributed by atoms with Crippen molar-refractivity contribution in [1.29, 1.82) is 0 Å². The Balaban J connectivity index is 1.58. The highest BCUT2D eigenvalue weighted by Gasteiger charge is 2.39. The van der Waals surface area contributed by atoms with Crippen LogP contribution in [0.5, 0.6) is 0 Å². The van der Waals surface area contributed by atoms with Gasteiger partial charge < -0.3 is 19.5 Å². The topological polar surface area (TPSA) is 91.0 Å². The third-order valence-corrected chi connectivity index (χ3v) is 5.74. The lowest BCUT2D eigenvalue weighted by Gasteiger charge is -2.23. The van der Waals surface area contributed by atoms with E-state index in [2.05, 4.69) is 0 Å². The number of thioether (sulfide) groups is 1. The summed E-state index contributed by atoms with van der Waals surface area (Å²) in [7, 11) is 0. The highest BCUT2D eigenvalue weighted by Crippen LogP contribution is 2.33. The standard InChI is InChI=1S/C21H21F2NO5S/c22-21(23,14-5-2-1-3-6-14)18(25)11-8-15-13-30-20(28)24(15)12-4-7-16-9-10-17(29-16)19(26)27/h1-3,5-6,8-11,15,18,25H,4,7,12-13H2,(H,26,27)/b11-8+. The second-order valence-electron chi connectivity index (χ2n) is 6.83. The number of halogens is 2. The Morgan fingerprint density at radius 2 is 2.03 bits per heavy atom. The number of nitrogens with zero attached hydrogens (tertiary/aromatic N) is 1. The number of aryl methyl sites for hydroxylation is 1. The van der Waals surface area contributed by atoms with Gasteiger partial charge in [-0.15, -0.1) is 0 Å². The van der Waals surface area contributed by atoms with Crippen LogP contribution < -0.4 is 0 Å². The molecule has 2 aromatic rings. The first kappa shape index (κ1) is 22.0. The Labute approximate surface area is 176 Å². The first-order chi connectivity index (χ1) is 14.3. The van der Waals surface area contributed by atoms with Crippen LogP contribution in [0.4, 0.5) is 13.6 Å². The zero-order valence-electron chi connectivity index (χ0n) is 15.9. The Hall–Kier alpha value is -2.65. The monoisotopic (exact) mass is 437 g/mol. The number of alkyl halides is 2. The van der Waals surface area contributed by atoms with Crippen molar-refractivity contribution in [2.24, 2.45) is 0 Å². The fraction of sp³-hybridized carbons (Fsp3) is 0.333. The molecule has 2 atom stereocenters. The molecule has 2 unspecified atom stereocenters. The van der Waals surface area contributed by atoms with Crippen molar-refractivity contribution in [2.45, 2.75) is 30.9 Å². The molecule has 0 bridgehead atoms. The van der Waals surface area contributed by atoms with E-state index in [1.807, 2.05) is 0 Å². The van der Waals surface area contributed by atoms with Gasteiger partial charge in [0.05, 0.1) is 6.04 Å². The molecule has 6 nitrogen and oxygen atoms in total. The Morgan fingerprint density at radius 3 is 2.70 bits per heavy atom. The Morgan fingerprint density at radius 1 is 1.30 bits per heavy atom.